The molecule has 4 bridgehead atoms. The van der Waals surface area contributed by atoms with Gasteiger partial charge in [-0.3, -0.25) is 4.79 Å². The van der Waals surface area contributed by atoms with Gasteiger partial charge in [0.25, 0.3) is 0 Å². The SMILES string of the molecule is [C-]#[N+]c1ccc2c(c1)COCCc1cc(c(F)cc1CC(=O)O)-c1cccc(n1)OC2. The molecule has 6 nitrogen and oxygen atoms in total. The van der Waals surface area contributed by atoms with Crippen molar-refractivity contribution in [1.82, 2.24) is 4.98 Å². The maximum atomic E-state index is 14.8. The fraction of sp³-hybridized carbons (Fsp3) is 0.208. The van der Waals surface area contributed by atoms with Crippen molar-refractivity contribution in [1.29, 1.82) is 0 Å². The Morgan fingerprint density at radius 3 is 2.81 bits per heavy atom. The maximum Gasteiger partial charge on any atom is 0.307 e. The number of rotatable bonds is 2. The second kappa shape index (κ2) is 8.94. The standard InChI is InChI=1S/C24H19FN2O4/c1-26-19-6-5-16-14-31-23-4-2-3-22(27-23)20-10-15(7-8-30-13-18(16)9-19)17(11-21(20)25)12-24(28)29/h2-6,9-11H,7-8,12-14H2,(H,28,29). The molecule has 4 rings (SSSR count). The number of hydrogen-bond donors (Lipinski definition) is 1. The molecule has 0 amide bonds. The molecule has 0 spiro atoms. The number of nitrogens with zero attached hydrogens (tertiary/aromatic N) is 2. The van der Waals surface area contributed by atoms with E-state index in [1.54, 1.807) is 36.4 Å². The van der Waals surface area contributed by atoms with Gasteiger partial charge in [-0.05, 0) is 46.9 Å². The highest BCUT2D eigenvalue weighted by molar-refractivity contribution is 5.72. The van der Waals surface area contributed by atoms with E-state index in [1.807, 2.05) is 6.07 Å². The molecule has 3 aromatic rings. The molecule has 0 atom stereocenters. The number of halogens is 1. The van der Waals surface area contributed by atoms with Crippen LogP contribution in [0.25, 0.3) is 16.1 Å². The Morgan fingerprint density at radius 2 is 2.00 bits per heavy atom. The second-order valence-corrected chi connectivity index (χ2v) is 7.19. The summed E-state index contributed by atoms with van der Waals surface area (Å²) in [5, 5.41) is 9.21. The minimum absolute atomic E-state index is 0.235. The van der Waals surface area contributed by atoms with Crippen molar-refractivity contribution in [3.05, 3.63) is 88.0 Å². The minimum atomic E-state index is -1.03. The van der Waals surface area contributed by atoms with Gasteiger partial charge in [0, 0.05) is 11.6 Å². The Hall–Kier alpha value is -3.76. The molecule has 0 aliphatic carbocycles. The molecule has 0 unspecified atom stereocenters. The molecular formula is C24H19FN2O4. The first kappa shape index (κ1) is 20.5. The summed E-state index contributed by atoms with van der Waals surface area (Å²) in [6, 6.07) is 13.3. The van der Waals surface area contributed by atoms with E-state index in [2.05, 4.69) is 9.83 Å². The average molecular weight is 418 g/mol. The van der Waals surface area contributed by atoms with Crippen LogP contribution in [0.5, 0.6) is 5.88 Å². The van der Waals surface area contributed by atoms with Crippen molar-refractivity contribution in [3.8, 4) is 17.1 Å². The Morgan fingerprint density at radius 1 is 1.13 bits per heavy atom. The highest BCUT2D eigenvalue weighted by Gasteiger charge is 2.16. The van der Waals surface area contributed by atoms with E-state index in [0.29, 0.717) is 41.4 Å². The molecule has 1 N–H and O–H groups in total. The van der Waals surface area contributed by atoms with Crippen LogP contribution in [0.1, 0.15) is 22.3 Å². The van der Waals surface area contributed by atoms with E-state index >= 15 is 0 Å². The van der Waals surface area contributed by atoms with E-state index in [0.717, 1.165) is 11.1 Å². The van der Waals surface area contributed by atoms with Crippen LogP contribution >= 0.6 is 0 Å². The van der Waals surface area contributed by atoms with Crippen molar-refractivity contribution < 1.29 is 23.8 Å². The van der Waals surface area contributed by atoms with E-state index in [-0.39, 0.29) is 25.2 Å². The van der Waals surface area contributed by atoms with E-state index in [9.17, 15) is 14.3 Å². The molecule has 1 aliphatic rings. The number of carboxylic acids is 1. The third-order valence-corrected chi connectivity index (χ3v) is 5.10. The summed E-state index contributed by atoms with van der Waals surface area (Å²) in [5.41, 5.74) is 4.01. The Bertz CT molecular complexity index is 1190. The number of carboxylic acid groups (broad SMARTS) is 1. The normalized spacial score (nSPS) is 13.3. The number of aromatic nitrogens is 1. The van der Waals surface area contributed by atoms with Gasteiger partial charge < -0.3 is 14.6 Å². The van der Waals surface area contributed by atoms with Crippen LogP contribution in [-0.2, 0) is 35.6 Å². The van der Waals surface area contributed by atoms with Crippen molar-refractivity contribution in [2.75, 3.05) is 6.61 Å². The number of fused-ring (bicyclic) bond motifs is 6. The van der Waals surface area contributed by atoms with Crippen LogP contribution < -0.4 is 4.74 Å². The molecule has 31 heavy (non-hydrogen) atoms. The first-order valence-corrected chi connectivity index (χ1v) is 9.74. The smallest absolute Gasteiger partial charge is 0.307 e. The Kier molecular flexibility index (Phi) is 5.92. The average Bonchev–Trinajstić information content (AvgIpc) is 2.76. The zero-order valence-electron chi connectivity index (χ0n) is 16.6. The highest BCUT2D eigenvalue weighted by Crippen LogP contribution is 2.28. The van der Waals surface area contributed by atoms with E-state index < -0.39 is 11.8 Å². The van der Waals surface area contributed by atoms with Crippen molar-refractivity contribution in [3.63, 3.8) is 0 Å². The molecule has 1 aromatic heterocycles. The lowest BCUT2D eigenvalue weighted by molar-refractivity contribution is -0.136. The van der Waals surface area contributed by atoms with Crippen molar-refractivity contribution in [2.24, 2.45) is 0 Å². The van der Waals surface area contributed by atoms with Crippen LogP contribution in [0, 0.1) is 12.4 Å². The number of benzene rings is 2. The molecule has 1 aliphatic heterocycles. The zero-order valence-corrected chi connectivity index (χ0v) is 16.6. The van der Waals surface area contributed by atoms with Gasteiger partial charge in [-0.25, -0.2) is 14.2 Å². The topological polar surface area (TPSA) is 73.0 Å². The maximum absolute atomic E-state index is 14.8. The second-order valence-electron chi connectivity index (χ2n) is 7.19. The Balaban J connectivity index is 1.76. The molecule has 156 valence electrons. The summed E-state index contributed by atoms with van der Waals surface area (Å²) in [5.74, 6) is -1.22. The zero-order chi connectivity index (χ0) is 21.8. The molecule has 0 saturated carbocycles. The van der Waals surface area contributed by atoms with Gasteiger partial charge in [0.05, 0.1) is 31.9 Å². The first-order valence-electron chi connectivity index (χ1n) is 9.74. The van der Waals surface area contributed by atoms with Gasteiger partial charge in [0.2, 0.25) is 5.88 Å². The summed E-state index contributed by atoms with van der Waals surface area (Å²) < 4.78 is 26.5. The van der Waals surface area contributed by atoms with Crippen LogP contribution in [0.4, 0.5) is 10.1 Å². The molecule has 0 fully saturated rings. The van der Waals surface area contributed by atoms with Crippen LogP contribution in [0.15, 0.2) is 48.5 Å². The van der Waals surface area contributed by atoms with Gasteiger partial charge in [-0.2, -0.15) is 0 Å². The third-order valence-electron chi connectivity index (χ3n) is 5.10. The molecule has 2 heterocycles. The fourth-order valence-corrected chi connectivity index (χ4v) is 3.53. The molecule has 2 aromatic carbocycles. The van der Waals surface area contributed by atoms with E-state index in [4.69, 9.17) is 16.0 Å². The van der Waals surface area contributed by atoms with Crippen molar-refractivity contribution >= 4 is 11.7 Å². The fourth-order valence-electron chi connectivity index (χ4n) is 3.53. The minimum Gasteiger partial charge on any atom is -0.481 e. The van der Waals surface area contributed by atoms with Gasteiger partial charge in [0.1, 0.15) is 12.4 Å². The summed E-state index contributed by atoms with van der Waals surface area (Å²) in [4.78, 5) is 19.1. The van der Waals surface area contributed by atoms with Crippen LogP contribution in [-0.4, -0.2) is 22.7 Å². The predicted molar refractivity (Wildman–Crippen MR) is 111 cm³/mol. The monoisotopic (exact) mass is 418 g/mol. The Labute approximate surface area is 178 Å². The van der Waals surface area contributed by atoms with Gasteiger partial charge >= 0.3 is 5.97 Å². The summed E-state index contributed by atoms with van der Waals surface area (Å²) in [6.45, 7) is 8.06. The highest BCUT2D eigenvalue weighted by atomic mass is 19.1. The van der Waals surface area contributed by atoms with Gasteiger partial charge in [-0.15, -0.1) is 0 Å². The molecule has 7 heteroatoms. The van der Waals surface area contributed by atoms with Crippen LogP contribution in [0.2, 0.25) is 0 Å². The summed E-state index contributed by atoms with van der Waals surface area (Å²) in [7, 11) is 0. The predicted octanol–water partition coefficient (Wildman–Crippen LogP) is 4.72. The number of carbonyl (C=O) groups is 1. The largest absolute Gasteiger partial charge is 0.481 e. The summed E-state index contributed by atoms with van der Waals surface area (Å²) >= 11 is 0. The number of ether oxygens (including phenoxy) is 2. The summed E-state index contributed by atoms with van der Waals surface area (Å²) in [6.07, 6.45) is 0.143. The van der Waals surface area contributed by atoms with Gasteiger partial charge in [-0.1, -0.05) is 24.3 Å². The van der Waals surface area contributed by atoms with Crippen molar-refractivity contribution in [2.45, 2.75) is 26.1 Å². The lowest BCUT2D eigenvalue weighted by Gasteiger charge is -2.16. The van der Waals surface area contributed by atoms with Gasteiger partial charge in [0.15, 0.2) is 5.69 Å². The first-order chi connectivity index (χ1) is 15.0. The number of hydrogen-bond acceptors (Lipinski definition) is 4. The molecular weight excluding hydrogens is 399 g/mol. The van der Waals surface area contributed by atoms with Crippen LogP contribution in [0.3, 0.4) is 0 Å². The van der Waals surface area contributed by atoms with E-state index in [1.165, 1.54) is 6.07 Å². The lowest BCUT2D eigenvalue weighted by Crippen LogP contribution is -2.09. The lowest BCUT2D eigenvalue weighted by atomic mass is 9.97. The number of aliphatic carboxylic acids is 1. The number of pyridine rings is 1. The molecule has 0 radical (unpaired) electrons. The molecule has 0 saturated heterocycles. The third kappa shape index (κ3) is 4.71. The quantitative estimate of drug-likeness (QED) is 0.610.